The highest BCUT2D eigenvalue weighted by molar-refractivity contribution is 6.30. The Morgan fingerprint density at radius 2 is 1.52 bits per heavy atom. The first-order valence-electron chi connectivity index (χ1n) is 9.52. The number of hydrogen-bond acceptors (Lipinski definition) is 3. The van der Waals surface area contributed by atoms with Crippen LogP contribution in [0.1, 0.15) is 26.3 Å². The fraction of sp³-hybridized carbons (Fsp3) is 0.0870. The van der Waals surface area contributed by atoms with E-state index in [1.807, 2.05) is 4.90 Å². The van der Waals surface area contributed by atoms with Crippen molar-refractivity contribution in [3.63, 3.8) is 0 Å². The first-order chi connectivity index (χ1) is 14.9. The van der Waals surface area contributed by atoms with Gasteiger partial charge in [0, 0.05) is 34.9 Å². The van der Waals surface area contributed by atoms with Gasteiger partial charge in [-0.15, -0.1) is 0 Å². The van der Waals surface area contributed by atoms with Crippen molar-refractivity contribution in [3.8, 4) is 0 Å². The summed E-state index contributed by atoms with van der Waals surface area (Å²) >= 11 is 5.85. The highest BCUT2D eigenvalue weighted by Gasteiger charge is 2.22. The predicted octanol–water partition coefficient (Wildman–Crippen LogP) is 4.62. The normalized spacial score (nSPS) is 12.3. The van der Waals surface area contributed by atoms with Crippen LogP contribution in [0.5, 0.6) is 0 Å². The van der Waals surface area contributed by atoms with Crippen LogP contribution in [-0.2, 0) is 0 Å². The van der Waals surface area contributed by atoms with E-state index in [1.54, 1.807) is 48.5 Å². The van der Waals surface area contributed by atoms with Gasteiger partial charge in [-0.1, -0.05) is 23.7 Å². The summed E-state index contributed by atoms with van der Waals surface area (Å²) in [5.74, 6) is -1.19. The molecule has 0 saturated carbocycles. The molecule has 1 saturated heterocycles. The summed E-state index contributed by atoms with van der Waals surface area (Å²) in [6.45, 7) is 1.74. The molecule has 0 radical (unpaired) electrons. The first kappa shape index (κ1) is 20.6. The molecular formula is C23H18ClFN4O2. The largest absolute Gasteiger partial charge is 0.353 e. The number of nitrogens with one attached hydrogen (secondary N) is 3. The average molecular weight is 437 g/mol. The van der Waals surface area contributed by atoms with Gasteiger partial charge in [-0.05, 0) is 54.6 Å². The number of nitrogens with zero attached hydrogens (tertiary/aromatic N) is 1. The van der Waals surface area contributed by atoms with Gasteiger partial charge in [0.2, 0.25) is 0 Å². The van der Waals surface area contributed by atoms with Gasteiger partial charge in [0.1, 0.15) is 11.7 Å². The number of amidine groups is 1. The average Bonchev–Trinajstić information content (AvgIpc) is 3.61. The van der Waals surface area contributed by atoms with E-state index in [2.05, 4.69) is 10.6 Å². The molecule has 2 amide bonds. The van der Waals surface area contributed by atoms with Gasteiger partial charge in [0.25, 0.3) is 11.8 Å². The Morgan fingerprint density at radius 1 is 0.871 bits per heavy atom. The highest BCUT2D eigenvalue weighted by atomic mass is 35.5. The number of carbonyl (C=O) groups excluding carboxylic acids is 2. The molecule has 3 N–H and O–H groups in total. The third-order valence-corrected chi connectivity index (χ3v) is 5.01. The van der Waals surface area contributed by atoms with E-state index in [0.717, 1.165) is 24.7 Å². The Balaban J connectivity index is 1.51. The number of hydrogen-bond donors (Lipinski definition) is 3. The number of amides is 2. The van der Waals surface area contributed by atoms with Crippen molar-refractivity contribution in [2.24, 2.45) is 0 Å². The maximum absolute atomic E-state index is 13.8. The predicted molar refractivity (Wildman–Crippen MR) is 119 cm³/mol. The summed E-state index contributed by atoms with van der Waals surface area (Å²) in [5, 5.41) is 13.9. The van der Waals surface area contributed by atoms with Gasteiger partial charge in [0.15, 0.2) is 0 Å². The molecule has 4 rings (SSSR count). The maximum Gasteiger partial charge on any atom is 0.257 e. The molecule has 0 aliphatic carbocycles. The monoisotopic (exact) mass is 436 g/mol. The van der Waals surface area contributed by atoms with Crippen molar-refractivity contribution in [1.82, 2.24) is 4.90 Å². The summed E-state index contributed by atoms with van der Waals surface area (Å²) < 4.78 is 13.8. The first-order valence-corrected chi connectivity index (χ1v) is 9.90. The van der Waals surface area contributed by atoms with Gasteiger partial charge >= 0.3 is 0 Å². The minimum Gasteiger partial charge on any atom is -0.353 e. The van der Waals surface area contributed by atoms with Crippen LogP contribution in [0.3, 0.4) is 0 Å². The molecule has 0 atom stereocenters. The van der Waals surface area contributed by atoms with Gasteiger partial charge in [-0.25, -0.2) is 4.39 Å². The van der Waals surface area contributed by atoms with Gasteiger partial charge in [-0.2, -0.15) is 0 Å². The molecule has 1 fully saturated rings. The van der Waals surface area contributed by atoms with Crippen LogP contribution in [0.25, 0.3) is 0 Å². The van der Waals surface area contributed by atoms with Crippen molar-refractivity contribution >= 4 is 40.6 Å². The molecule has 0 aromatic heterocycles. The lowest BCUT2D eigenvalue weighted by atomic mass is 10.1. The number of halogens is 2. The van der Waals surface area contributed by atoms with E-state index in [1.165, 1.54) is 12.1 Å². The highest BCUT2D eigenvalue weighted by Crippen LogP contribution is 2.21. The second kappa shape index (κ2) is 8.57. The summed E-state index contributed by atoms with van der Waals surface area (Å²) in [5.41, 5.74) is 1.73. The maximum atomic E-state index is 13.8. The molecule has 156 valence electrons. The van der Waals surface area contributed by atoms with Crippen LogP contribution in [0.4, 0.5) is 15.8 Å². The molecule has 0 bridgehead atoms. The van der Waals surface area contributed by atoms with Crippen LogP contribution in [0.15, 0.2) is 66.7 Å². The SMILES string of the molecule is N=C(c1ccc(C(=O)Nc2ccc(F)cc2C(=O)Nc2ccc(Cl)cc2)cc1)N1CC1. The quantitative estimate of drug-likeness (QED) is 0.310. The molecule has 1 aliphatic heterocycles. The third kappa shape index (κ3) is 4.90. The third-order valence-electron chi connectivity index (χ3n) is 4.76. The van der Waals surface area contributed by atoms with Crippen LogP contribution in [0.2, 0.25) is 5.02 Å². The Bertz CT molecular complexity index is 1160. The summed E-state index contributed by atoms with van der Waals surface area (Å²) in [6.07, 6.45) is 0. The Kier molecular flexibility index (Phi) is 5.68. The van der Waals surface area contributed by atoms with E-state index in [9.17, 15) is 14.0 Å². The Hall–Kier alpha value is -3.71. The minimum atomic E-state index is -0.600. The van der Waals surface area contributed by atoms with Crippen LogP contribution in [-0.4, -0.2) is 35.6 Å². The van der Waals surface area contributed by atoms with Crippen molar-refractivity contribution in [2.75, 3.05) is 23.7 Å². The molecule has 3 aromatic rings. The number of rotatable bonds is 5. The van der Waals surface area contributed by atoms with Crippen LogP contribution < -0.4 is 10.6 Å². The zero-order valence-corrected chi connectivity index (χ0v) is 17.0. The smallest absolute Gasteiger partial charge is 0.257 e. The van der Waals surface area contributed by atoms with E-state index < -0.39 is 17.6 Å². The van der Waals surface area contributed by atoms with E-state index in [0.29, 0.717) is 22.1 Å². The van der Waals surface area contributed by atoms with E-state index in [-0.39, 0.29) is 11.3 Å². The molecule has 0 spiro atoms. The number of anilines is 2. The fourth-order valence-corrected chi connectivity index (χ4v) is 3.10. The fourth-order valence-electron chi connectivity index (χ4n) is 2.98. The molecule has 1 heterocycles. The topological polar surface area (TPSA) is 85.1 Å². The van der Waals surface area contributed by atoms with Crippen molar-refractivity contribution < 1.29 is 14.0 Å². The molecule has 6 nitrogen and oxygen atoms in total. The summed E-state index contributed by atoms with van der Waals surface area (Å²) in [7, 11) is 0. The van der Waals surface area contributed by atoms with Crippen LogP contribution in [0, 0.1) is 11.2 Å². The number of carbonyl (C=O) groups is 2. The lowest BCUT2D eigenvalue weighted by Gasteiger charge is -2.12. The molecule has 0 unspecified atom stereocenters. The van der Waals surface area contributed by atoms with Crippen molar-refractivity contribution in [3.05, 3.63) is 94.3 Å². The molecular weight excluding hydrogens is 419 g/mol. The molecule has 3 aromatic carbocycles. The van der Waals surface area contributed by atoms with Crippen molar-refractivity contribution in [1.29, 1.82) is 5.41 Å². The summed E-state index contributed by atoms with van der Waals surface area (Å²) in [4.78, 5) is 27.3. The van der Waals surface area contributed by atoms with Gasteiger partial charge < -0.3 is 15.5 Å². The van der Waals surface area contributed by atoms with E-state index >= 15 is 0 Å². The van der Waals surface area contributed by atoms with Gasteiger partial charge in [0.05, 0.1) is 11.3 Å². The van der Waals surface area contributed by atoms with Gasteiger partial charge in [-0.3, -0.25) is 15.0 Å². The van der Waals surface area contributed by atoms with E-state index in [4.69, 9.17) is 17.0 Å². The van der Waals surface area contributed by atoms with Crippen molar-refractivity contribution in [2.45, 2.75) is 0 Å². The second-order valence-corrected chi connectivity index (χ2v) is 7.45. The molecule has 1 aliphatic rings. The number of benzene rings is 3. The zero-order valence-electron chi connectivity index (χ0n) is 16.3. The summed E-state index contributed by atoms with van der Waals surface area (Å²) in [6, 6.07) is 16.7. The standard InChI is InChI=1S/C23H18ClFN4O2/c24-16-5-8-18(9-6-16)27-23(31)19-13-17(25)7-10-20(19)28-22(30)15-3-1-14(2-4-15)21(26)29-11-12-29/h1-10,13,26H,11-12H2,(H,27,31)(H,28,30). The zero-order chi connectivity index (χ0) is 22.0. The lowest BCUT2D eigenvalue weighted by molar-refractivity contribution is 0.102. The minimum absolute atomic E-state index is 0.0109. The second-order valence-electron chi connectivity index (χ2n) is 7.02. The van der Waals surface area contributed by atoms with Crippen LogP contribution >= 0.6 is 11.6 Å². The molecule has 8 heteroatoms. The lowest BCUT2D eigenvalue weighted by Crippen LogP contribution is -2.19. The Morgan fingerprint density at radius 3 is 2.16 bits per heavy atom. The molecule has 31 heavy (non-hydrogen) atoms. The Labute approximate surface area is 183 Å².